The van der Waals surface area contributed by atoms with Crippen LogP contribution in [0.3, 0.4) is 0 Å². The predicted octanol–water partition coefficient (Wildman–Crippen LogP) is 5.11. The average molecular weight is 647 g/mol. The second-order valence-corrected chi connectivity index (χ2v) is 12.2. The first-order valence-corrected chi connectivity index (χ1v) is 17.1. The molecule has 13 nitrogen and oxygen atoms in total. The van der Waals surface area contributed by atoms with Crippen molar-refractivity contribution in [3.8, 4) is 0 Å². The van der Waals surface area contributed by atoms with Gasteiger partial charge in [0.05, 0.1) is 25.4 Å². The lowest BCUT2D eigenvalue weighted by atomic mass is 10.1. The van der Waals surface area contributed by atoms with Gasteiger partial charge in [0.1, 0.15) is 0 Å². The lowest BCUT2D eigenvalue weighted by molar-refractivity contribution is -0.0529. The summed E-state index contributed by atoms with van der Waals surface area (Å²) >= 11 is 0. The van der Waals surface area contributed by atoms with Gasteiger partial charge in [-0.25, -0.2) is 14.4 Å². The molecule has 264 valence electrons. The molecule has 1 aliphatic rings. The van der Waals surface area contributed by atoms with Crippen LogP contribution >= 0.6 is 0 Å². The van der Waals surface area contributed by atoms with Crippen LogP contribution in [0.15, 0.2) is 0 Å². The molecule has 3 unspecified atom stereocenters. The molecular formula is C32H62N4O9. The largest absolute Gasteiger partial charge is 0.465 e. The van der Waals surface area contributed by atoms with Crippen LogP contribution in [0, 0.1) is 0 Å². The molecule has 0 aliphatic carbocycles. The fourth-order valence-electron chi connectivity index (χ4n) is 5.61. The van der Waals surface area contributed by atoms with Crippen LogP contribution in [0.1, 0.15) is 97.8 Å². The highest BCUT2D eigenvalue weighted by Gasteiger charge is 2.31. The second kappa shape index (κ2) is 24.8. The number of unbranched alkanes of at least 4 members (excludes halogenated alkanes) is 10. The predicted molar refractivity (Wildman–Crippen MR) is 173 cm³/mol. The molecule has 45 heavy (non-hydrogen) atoms. The van der Waals surface area contributed by atoms with Crippen molar-refractivity contribution >= 4 is 18.3 Å². The highest BCUT2D eigenvalue weighted by Crippen LogP contribution is 2.14. The summed E-state index contributed by atoms with van der Waals surface area (Å²) in [6.45, 7) is 7.65. The van der Waals surface area contributed by atoms with Gasteiger partial charge in [-0.05, 0) is 19.8 Å². The van der Waals surface area contributed by atoms with Gasteiger partial charge in [0.2, 0.25) is 0 Å². The monoisotopic (exact) mass is 646 g/mol. The molecule has 0 bridgehead atoms. The van der Waals surface area contributed by atoms with E-state index in [0.717, 1.165) is 43.4 Å². The van der Waals surface area contributed by atoms with E-state index in [2.05, 4.69) is 13.8 Å². The molecule has 0 spiro atoms. The van der Waals surface area contributed by atoms with Crippen molar-refractivity contribution in [2.45, 2.75) is 116 Å². The molecule has 4 N–H and O–H groups in total. The molecule has 0 aromatic carbocycles. The maximum absolute atomic E-state index is 12.2. The van der Waals surface area contributed by atoms with Gasteiger partial charge in [-0.15, -0.1) is 0 Å². The Morgan fingerprint density at radius 3 is 1.64 bits per heavy atom. The van der Waals surface area contributed by atoms with Crippen LogP contribution in [0.25, 0.3) is 0 Å². The van der Waals surface area contributed by atoms with E-state index in [9.17, 15) is 34.8 Å². The molecule has 13 heteroatoms. The number of aliphatic hydroxyl groups excluding tert-OH is 1. The molecule has 0 aromatic rings. The number of carbonyl (C=O) groups is 3. The standard InChI is InChI=1S/C32H62N4O9/c1-4-6-8-10-12-14-22-44-25-28(29(37)26-45-23-15-13-11-9-7-5-2)33-16-17-34(30(38)39)18-19-35(31(40)41)24-27(3)36(21-20-33)32(42)43/h27-29,37H,4-26H2,1-3H3,(H,38,39)(H,40,41)(H,42,43). The average Bonchev–Trinajstić information content (AvgIpc) is 2.99. The minimum absolute atomic E-state index is 0.0519. The Hall–Kier alpha value is -2.35. The normalized spacial score (nSPS) is 18.7. The van der Waals surface area contributed by atoms with E-state index < -0.39 is 36.5 Å². The van der Waals surface area contributed by atoms with E-state index >= 15 is 0 Å². The number of hydrogen-bond donors (Lipinski definition) is 4. The van der Waals surface area contributed by atoms with Gasteiger partial charge >= 0.3 is 18.3 Å². The number of rotatable bonds is 20. The quantitative estimate of drug-likeness (QED) is 0.131. The highest BCUT2D eigenvalue weighted by atomic mass is 16.5. The fraction of sp³-hybridized carbons (Fsp3) is 0.906. The third-order valence-electron chi connectivity index (χ3n) is 8.50. The zero-order chi connectivity index (χ0) is 33.5. The van der Waals surface area contributed by atoms with Crippen molar-refractivity contribution in [1.29, 1.82) is 0 Å². The van der Waals surface area contributed by atoms with Crippen LogP contribution < -0.4 is 0 Å². The van der Waals surface area contributed by atoms with Crippen molar-refractivity contribution in [2.24, 2.45) is 0 Å². The minimum atomic E-state index is -1.23. The van der Waals surface area contributed by atoms with Gasteiger partial charge in [-0.3, -0.25) is 4.90 Å². The summed E-state index contributed by atoms with van der Waals surface area (Å²) in [6.07, 6.45) is 8.97. The number of nitrogens with zero attached hydrogens (tertiary/aromatic N) is 4. The van der Waals surface area contributed by atoms with Crippen molar-refractivity contribution in [1.82, 2.24) is 19.6 Å². The van der Waals surface area contributed by atoms with Crippen molar-refractivity contribution < 1.29 is 44.3 Å². The molecule has 0 saturated carbocycles. The number of amides is 3. The van der Waals surface area contributed by atoms with E-state index in [1.807, 2.05) is 4.90 Å². The van der Waals surface area contributed by atoms with E-state index in [1.54, 1.807) is 6.92 Å². The van der Waals surface area contributed by atoms with Gasteiger partial charge < -0.3 is 44.6 Å². The third-order valence-corrected chi connectivity index (χ3v) is 8.50. The third kappa shape index (κ3) is 17.8. The van der Waals surface area contributed by atoms with Crippen LogP contribution in [-0.4, -0.2) is 149 Å². The van der Waals surface area contributed by atoms with Crippen molar-refractivity contribution in [2.75, 3.05) is 72.2 Å². The molecule has 1 fully saturated rings. The van der Waals surface area contributed by atoms with Crippen LogP contribution in [0.5, 0.6) is 0 Å². The van der Waals surface area contributed by atoms with Crippen molar-refractivity contribution in [3.63, 3.8) is 0 Å². The minimum Gasteiger partial charge on any atom is -0.465 e. The summed E-state index contributed by atoms with van der Waals surface area (Å²) in [5.74, 6) is 0. The fourth-order valence-corrected chi connectivity index (χ4v) is 5.61. The molecule has 1 rings (SSSR count). The first-order chi connectivity index (χ1) is 21.6. The maximum Gasteiger partial charge on any atom is 0.407 e. The van der Waals surface area contributed by atoms with Crippen molar-refractivity contribution in [3.05, 3.63) is 0 Å². The Bertz CT molecular complexity index is 807. The summed E-state index contributed by atoms with van der Waals surface area (Å²) in [7, 11) is 0. The van der Waals surface area contributed by atoms with Gasteiger partial charge in [-0.1, -0.05) is 78.1 Å². The Labute approximate surface area is 270 Å². The first-order valence-electron chi connectivity index (χ1n) is 17.1. The Balaban J connectivity index is 3.03. The number of aliphatic hydroxyl groups is 1. The van der Waals surface area contributed by atoms with Crippen LogP contribution in [-0.2, 0) is 9.47 Å². The zero-order valence-electron chi connectivity index (χ0n) is 28.1. The summed E-state index contributed by atoms with van der Waals surface area (Å²) in [4.78, 5) is 41.4. The van der Waals surface area contributed by atoms with E-state index in [-0.39, 0.29) is 59.0 Å². The molecule has 1 heterocycles. The van der Waals surface area contributed by atoms with Gasteiger partial charge in [-0.2, -0.15) is 0 Å². The number of carboxylic acid groups (broad SMARTS) is 3. The van der Waals surface area contributed by atoms with Gasteiger partial charge in [0.25, 0.3) is 0 Å². The Kier molecular flexibility index (Phi) is 22.4. The van der Waals surface area contributed by atoms with Gasteiger partial charge in [0, 0.05) is 65.1 Å². The maximum atomic E-state index is 12.2. The molecule has 0 aromatic heterocycles. The molecule has 3 atom stereocenters. The Morgan fingerprint density at radius 2 is 1.11 bits per heavy atom. The van der Waals surface area contributed by atoms with Gasteiger partial charge in [0.15, 0.2) is 0 Å². The topological polar surface area (TPSA) is 164 Å². The SMILES string of the molecule is CCCCCCCCOCC(O)C(COCCCCCCCC)N1CCN(C(=O)O)CCN(C(=O)O)CC(C)N(C(=O)O)CC1. The zero-order valence-corrected chi connectivity index (χ0v) is 28.1. The molecule has 0 radical (unpaired) electrons. The first kappa shape index (κ1) is 40.7. The van der Waals surface area contributed by atoms with E-state index in [1.165, 1.54) is 48.3 Å². The smallest absolute Gasteiger partial charge is 0.407 e. The summed E-state index contributed by atoms with van der Waals surface area (Å²) in [5, 5.41) is 40.8. The van der Waals surface area contributed by atoms with Crippen LogP contribution in [0.4, 0.5) is 14.4 Å². The molecule has 1 aliphatic heterocycles. The van der Waals surface area contributed by atoms with Crippen LogP contribution in [0.2, 0.25) is 0 Å². The number of ether oxygens (including phenoxy) is 2. The molecule has 3 amide bonds. The molecule has 1 saturated heterocycles. The molecular weight excluding hydrogens is 584 g/mol. The number of hydrogen-bond acceptors (Lipinski definition) is 7. The lowest BCUT2D eigenvalue weighted by Gasteiger charge is -2.39. The summed E-state index contributed by atoms with van der Waals surface area (Å²) < 4.78 is 11.9. The second-order valence-electron chi connectivity index (χ2n) is 12.2. The van der Waals surface area contributed by atoms with E-state index in [4.69, 9.17) is 9.47 Å². The Morgan fingerprint density at radius 1 is 0.644 bits per heavy atom. The summed E-state index contributed by atoms with van der Waals surface area (Å²) in [5.41, 5.74) is 0. The van der Waals surface area contributed by atoms with E-state index in [0.29, 0.717) is 13.2 Å². The summed E-state index contributed by atoms with van der Waals surface area (Å²) in [6, 6.07) is -1.21. The highest BCUT2D eigenvalue weighted by molar-refractivity contribution is 5.67. The lowest BCUT2D eigenvalue weighted by Crippen LogP contribution is -2.56.